The van der Waals surface area contributed by atoms with Crippen molar-refractivity contribution in [2.24, 2.45) is 0 Å². The number of hydrogen-bond donors (Lipinski definition) is 1. The first-order valence-electron chi connectivity index (χ1n) is 5.78. The molecule has 1 fully saturated rings. The molecule has 1 N–H and O–H groups in total. The van der Waals surface area contributed by atoms with Gasteiger partial charge in [-0.05, 0) is 32.4 Å². The van der Waals surface area contributed by atoms with Gasteiger partial charge in [0.05, 0.1) is 4.75 Å². The molecule has 3 nitrogen and oxygen atoms in total. The van der Waals surface area contributed by atoms with E-state index in [1.165, 1.54) is 18.4 Å². The van der Waals surface area contributed by atoms with E-state index in [2.05, 4.69) is 12.2 Å². The highest BCUT2D eigenvalue weighted by Gasteiger charge is 2.32. The van der Waals surface area contributed by atoms with Crippen LogP contribution in [0.3, 0.4) is 0 Å². The molecule has 0 aromatic rings. The summed E-state index contributed by atoms with van der Waals surface area (Å²) in [6.45, 7) is 6.34. The zero-order chi connectivity index (χ0) is 12.4. The van der Waals surface area contributed by atoms with Gasteiger partial charge in [0.2, 0.25) is 0 Å². The van der Waals surface area contributed by atoms with Gasteiger partial charge < -0.3 is 5.32 Å². The Bertz CT molecular complexity index is 325. The maximum absolute atomic E-state index is 11.6. The van der Waals surface area contributed by atoms with Gasteiger partial charge >= 0.3 is 0 Å². The molecular weight excluding hydrogens is 242 g/mol. The molecule has 1 heterocycles. The summed E-state index contributed by atoms with van der Waals surface area (Å²) in [4.78, 5) is 0. The average Bonchev–Trinajstić information content (AvgIpc) is 2.15. The Kier molecular flexibility index (Phi) is 4.72. The molecule has 96 valence electrons. The Morgan fingerprint density at radius 1 is 1.44 bits per heavy atom. The minimum atomic E-state index is -2.99. The first kappa shape index (κ1) is 14.3. The molecule has 0 spiro atoms. The van der Waals surface area contributed by atoms with Crippen molar-refractivity contribution in [1.29, 1.82) is 0 Å². The summed E-state index contributed by atoms with van der Waals surface area (Å²) in [6.07, 6.45) is 3.70. The Morgan fingerprint density at radius 3 is 2.56 bits per heavy atom. The van der Waals surface area contributed by atoms with Gasteiger partial charge in [-0.25, -0.2) is 8.42 Å². The fourth-order valence-electron chi connectivity index (χ4n) is 1.70. The Hall–Kier alpha value is 0.260. The third-order valence-corrected chi connectivity index (χ3v) is 6.93. The second-order valence-corrected chi connectivity index (χ2v) is 9.37. The number of nitrogens with one attached hydrogen (secondary N) is 1. The van der Waals surface area contributed by atoms with E-state index < -0.39 is 14.6 Å². The standard InChI is InChI=1S/C11H23NO2S2/c1-9-10(6-5-7-15-9)12-8-11(2,3)16(4,13)14/h9-10,12H,5-8H2,1-4H3. The highest BCUT2D eigenvalue weighted by Crippen LogP contribution is 2.25. The van der Waals surface area contributed by atoms with Crippen LogP contribution in [0.4, 0.5) is 0 Å². The SMILES string of the molecule is CC1SCCCC1NCC(C)(C)S(C)(=O)=O. The van der Waals surface area contributed by atoms with E-state index in [0.717, 1.165) is 6.42 Å². The van der Waals surface area contributed by atoms with E-state index >= 15 is 0 Å². The summed E-state index contributed by atoms with van der Waals surface area (Å²) in [6, 6.07) is 0.458. The summed E-state index contributed by atoms with van der Waals surface area (Å²) >= 11 is 1.97. The smallest absolute Gasteiger partial charge is 0.153 e. The van der Waals surface area contributed by atoms with Crippen LogP contribution in [0.15, 0.2) is 0 Å². The molecule has 0 bridgehead atoms. The van der Waals surface area contributed by atoms with Crippen LogP contribution in [0.5, 0.6) is 0 Å². The zero-order valence-corrected chi connectivity index (χ0v) is 12.2. The highest BCUT2D eigenvalue weighted by atomic mass is 32.2. The highest BCUT2D eigenvalue weighted by molar-refractivity contribution is 8.00. The van der Waals surface area contributed by atoms with Crippen molar-refractivity contribution in [2.75, 3.05) is 18.6 Å². The quantitative estimate of drug-likeness (QED) is 0.840. The average molecular weight is 265 g/mol. The summed E-state index contributed by atoms with van der Waals surface area (Å²) in [5, 5.41) is 4.01. The van der Waals surface area contributed by atoms with E-state index in [1.54, 1.807) is 13.8 Å². The third kappa shape index (κ3) is 3.64. The molecule has 2 atom stereocenters. The van der Waals surface area contributed by atoms with Crippen molar-refractivity contribution in [3.8, 4) is 0 Å². The van der Waals surface area contributed by atoms with Crippen LogP contribution in [0, 0.1) is 0 Å². The van der Waals surface area contributed by atoms with Crippen LogP contribution in [0.25, 0.3) is 0 Å². The van der Waals surface area contributed by atoms with Crippen LogP contribution < -0.4 is 5.32 Å². The Labute approximate surface area is 104 Å². The maximum Gasteiger partial charge on any atom is 0.153 e. The van der Waals surface area contributed by atoms with Crippen molar-refractivity contribution in [2.45, 2.75) is 49.7 Å². The number of hydrogen-bond acceptors (Lipinski definition) is 4. The normalized spacial score (nSPS) is 28.0. The van der Waals surface area contributed by atoms with Crippen molar-refractivity contribution in [3.63, 3.8) is 0 Å². The molecule has 5 heteroatoms. The molecule has 16 heavy (non-hydrogen) atoms. The molecule has 0 amide bonds. The molecule has 0 aromatic heterocycles. The van der Waals surface area contributed by atoms with Crippen LogP contribution in [0.1, 0.15) is 33.6 Å². The second kappa shape index (κ2) is 5.27. The van der Waals surface area contributed by atoms with Crippen molar-refractivity contribution < 1.29 is 8.42 Å². The van der Waals surface area contributed by atoms with E-state index in [9.17, 15) is 8.42 Å². The molecular formula is C11H23NO2S2. The number of sulfone groups is 1. The molecule has 0 radical (unpaired) electrons. The maximum atomic E-state index is 11.6. The van der Waals surface area contributed by atoms with E-state index in [1.807, 2.05) is 11.8 Å². The van der Waals surface area contributed by atoms with Crippen LogP contribution in [-0.2, 0) is 9.84 Å². The summed E-state index contributed by atoms with van der Waals surface area (Å²) in [7, 11) is -2.99. The van der Waals surface area contributed by atoms with Gasteiger partial charge in [-0.15, -0.1) is 0 Å². The van der Waals surface area contributed by atoms with Gasteiger partial charge in [0.15, 0.2) is 9.84 Å². The molecule has 1 rings (SSSR count). The van der Waals surface area contributed by atoms with Crippen LogP contribution >= 0.6 is 11.8 Å². The van der Waals surface area contributed by atoms with Gasteiger partial charge in [0.25, 0.3) is 0 Å². The molecule has 1 saturated heterocycles. The Balaban J connectivity index is 2.50. The number of thioether (sulfide) groups is 1. The molecule has 0 aliphatic carbocycles. The zero-order valence-electron chi connectivity index (χ0n) is 10.6. The molecule has 1 aliphatic heterocycles. The Morgan fingerprint density at radius 2 is 2.06 bits per heavy atom. The molecule has 0 saturated carbocycles. The monoisotopic (exact) mass is 265 g/mol. The predicted octanol–water partition coefficient (Wildman–Crippen LogP) is 1.68. The summed E-state index contributed by atoms with van der Waals surface area (Å²) < 4.78 is 22.5. The van der Waals surface area contributed by atoms with Gasteiger partial charge in [-0.3, -0.25) is 0 Å². The fourth-order valence-corrected chi connectivity index (χ4v) is 3.21. The lowest BCUT2D eigenvalue weighted by Crippen LogP contribution is -2.48. The van der Waals surface area contributed by atoms with E-state index in [-0.39, 0.29) is 0 Å². The second-order valence-electron chi connectivity index (χ2n) is 5.24. The van der Waals surface area contributed by atoms with Crippen molar-refractivity contribution in [1.82, 2.24) is 5.32 Å². The first-order chi connectivity index (χ1) is 7.24. The van der Waals surface area contributed by atoms with E-state index in [4.69, 9.17) is 0 Å². The lowest BCUT2D eigenvalue weighted by Gasteiger charge is -2.32. The predicted molar refractivity (Wildman–Crippen MR) is 71.9 cm³/mol. The summed E-state index contributed by atoms with van der Waals surface area (Å²) in [5.41, 5.74) is 0. The van der Waals surface area contributed by atoms with Gasteiger partial charge in [0.1, 0.15) is 0 Å². The van der Waals surface area contributed by atoms with E-state index in [0.29, 0.717) is 17.8 Å². The van der Waals surface area contributed by atoms with Gasteiger partial charge in [-0.2, -0.15) is 11.8 Å². The lowest BCUT2D eigenvalue weighted by molar-refractivity contribution is 0.431. The fraction of sp³-hybridized carbons (Fsp3) is 1.00. The van der Waals surface area contributed by atoms with Crippen molar-refractivity contribution >= 4 is 21.6 Å². The first-order valence-corrected chi connectivity index (χ1v) is 8.72. The summed E-state index contributed by atoms with van der Waals surface area (Å²) in [5.74, 6) is 1.23. The van der Waals surface area contributed by atoms with Gasteiger partial charge in [-0.1, -0.05) is 6.92 Å². The van der Waals surface area contributed by atoms with Gasteiger partial charge in [0, 0.05) is 24.1 Å². The molecule has 0 aromatic carbocycles. The van der Waals surface area contributed by atoms with Crippen LogP contribution in [-0.4, -0.2) is 43.0 Å². The minimum absolute atomic E-state index is 0.458. The largest absolute Gasteiger partial charge is 0.311 e. The topological polar surface area (TPSA) is 46.2 Å². The lowest BCUT2D eigenvalue weighted by atomic mass is 10.1. The van der Waals surface area contributed by atoms with Crippen molar-refractivity contribution in [3.05, 3.63) is 0 Å². The third-order valence-electron chi connectivity index (χ3n) is 3.40. The molecule has 2 unspecified atom stereocenters. The number of rotatable bonds is 4. The molecule has 1 aliphatic rings. The van der Waals surface area contributed by atoms with Crippen LogP contribution in [0.2, 0.25) is 0 Å². The minimum Gasteiger partial charge on any atom is -0.311 e.